The monoisotopic (exact) mass is 285 g/mol. The SMILES string of the molecule is CC(C)(C(=O)O)c1ccc(NC(=O)c2cnccn2)cc1. The van der Waals surface area contributed by atoms with E-state index in [1.165, 1.54) is 18.6 Å². The number of carboxylic acids is 1. The summed E-state index contributed by atoms with van der Waals surface area (Å²) in [4.78, 5) is 30.8. The van der Waals surface area contributed by atoms with Gasteiger partial charge in [-0.3, -0.25) is 14.6 Å². The largest absolute Gasteiger partial charge is 0.481 e. The highest BCUT2D eigenvalue weighted by molar-refractivity contribution is 6.02. The number of carbonyl (C=O) groups excluding carboxylic acids is 1. The molecule has 0 atom stereocenters. The van der Waals surface area contributed by atoms with E-state index in [2.05, 4.69) is 15.3 Å². The zero-order chi connectivity index (χ0) is 15.5. The third-order valence-electron chi connectivity index (χ3n) is 3.19. The summed E-state index contributed by atoms with van der Waals surface area (Å²) in [6.07, 6.45) is 4.30. The summed E-state index contributed by atoms with van der Waals surface area (Å²) in [7, 11) is 0. The molecule has 0 fully saturated rings. The number of nitrogens with zero attached hydrogens (tertiary/aromatic N) is 2. The van der Waals surface area contributed by atoms with Crippen LogP contribution in [0.4, 0.5) is 5.69 Å². The van der Waals surface area contributed by atoms with E-state index in [1.54, 1.807) is 38.1 Å². The van der Waals surface area contributed by atoms with E-state index in [-0.39, 0.29) is 11.6 Å². The first kappa shape index (κ1) is 14.6. The lowest BCUT2D eigenvalue weighted by Gasteiger charge is -2.19. The summed E-state index contributed by atoms with van der Waals surface area (Å²) < 4.78 is 0. The lowest BCUT2D eigenvalue weighted by molar-refractivity contribution is -0.142. The van der Waals surface area contributed by atoms with Crippen LogP contribution < -0.4 is 5.32 Å². The van der Waals surface area contributed by atoms with Crippen LogP contribution in [0, 0.1) is 0 Å². The highest BCUT2D eigenvalue weighted by Gasteiger charge is 2.29. The van der Waals surface area contributed by atoms with Crippen molar-refractivity contribution in [3.05, 3.63) is 54.1 Å². The molecule has 0 aliphatic rings. The number of amides is 1. The Morgan fingerprint density at radius 2 is 1.81 bits per heavy atom. The van der Waals surface area contributed by atoms with Gasteiger partial charge in [0.1, 0.15) is 5.69 Å². The van der Waals surface area contributed by atoms with Crippen molar-refractivity contribution in [2.24, 2.45) is 0 Å². The Morgan fingerprint density at radius 1 is 1.14 bits per heavy atom. The van der Waals surface area contributed by atoms with E-state index in [0.717, 1.165) is 0 Å². The van der Waals surface area contributed by atoms with Gasteiger partial charge in [0, 0.05) is 18.1 Å². The van der Waals surface area contributed by atoms with Crippen molar-refractivity contribution in [3.63, 3.8) is 0 Å². The van der Waals surface area contributed by atoms with Crippen LogP contribution in [0.1, 0.15) is 29.9 Å². The predicted octanol–water partition coefficient (Wildman–Crippen LogP) is 2.09. The Bertz CT molecular complexity index is 652. The minimum atomic E-state index is -0.979. The van der Waals surface area contributed by atoms with Crippen LogP contribution in [-0.2, 0) is 10.2 Å². The molecule has 1 amide bonds. The summed E-state index contributed by atoms with van der Waals surface area (Å²) in [5.74, 6) is -1.27. The predicted molar refractivity (Wildman–Crippen MR) is 77.1 cm³/mol. The van der Waals surface area contributed by atoms with Crippen molar-refractivity contribution in [2.75, 3.05) is 5.32 Å². The molecule has 108 valence electrons. The van der Waals surface area contributed by atoms with Crippen molar-refractivity contribution in [3.8, 4) is 0 Å². The minimum absolute atomic E-state index is 0.215. The number of hydrogen-bond donors (Lipinski definition) is 2. The maximum Gasteiger partial charge on any atom is 0.313 e. The number of rotatable bonds is 4. The number of aromatic nitrogens is 2. The summed E-state index contributed by atoms with van der Waals surface area (Å²) >= 11 is 0. The van der Waals surface area contributed by atoms with Gasteiger partial charge in [0.05, 0.1) is 11.6 Å². The minimum Gasteiger partial charge on any atom is -0.481 e. The summed E-state index contributed by atoms with van der Waals surface area (Å²) in [5, 5.41) is 11.9. The van der Waals surface area contributed by atoms with Crippen LogP contribution in [-0.4, -0.2) is 27.0 Å². The molecule has 6 heteroatoms. The molecule has 0 spiro atoms. The van der Waals surface area contributed by atoms with Crippen LogP contribution in [0.25, 0.3) is 0 Å². The van der Waals surface area contributed by atoms with Gasteiger partial charge in [-0.1, -0.05) is 12.1 Å². The molecule has 0 bridgehead atoms. The van der Waals surface area contributed by atoms with Gasteiger partial charge in [-0.15, -0.1) is 0 Å². The van der Waals surface area contributed by atoms with Gasteiger partial charge < -0.3 is 10.4 Å². The first-order valence-electron chi connectivity index (χ1n) is 6.32. The molecule has 0 saturated heterocycles. The van der Waals surface area contributed by atoms with Crippen LogP contribution in [0.3, 0.4) is 0 Å². The zero-order valence-electron chi connectivity index (χ0n) is 11.7. The molecule has 2 N–H and O–H groups in total. The van der Waals surface area contributed by atoms with Gasteiger partial charge in [0.15, 0.2) is 0 Å². The van der Waals surface area contributed by atoms with Gasteiger partial charge in [0.25, 0.3) is 5.91 Å². The zero-order valence-corrected chi connectivity index (χ0v) is 11.7. The second-order valence-electron chi connectivity index (χ2n) is 5.05. The average molecular weight is 285 g/mol. The molecule has 2 rings (SSSR count). The molecule has 0 aliphatic heterocycles. The summed E-state index contributed by atoms with van der Waals surface area (Å²) in [6.45, 7) is 3.25. The van der Waals surface area contributed by atoms with Crippen molar-refractivity contribution in [1.29, 1.82) is 0 Å². The third-order valence-corrected chi connectivity index (χ3v) is 3.19. The topological polar surface area (TPSA) is 92.2 Å². The number of benzene rings is 1. The Morgan fingerprint density at radius 3 is 2.33 bits per heavy atom. The second kappa shape index (κ2) is 5.70. The van der Waals surface area contributed by atoms with Gasteiger partial charge in [-0.2, -0.15) is 0 Å². The van der Waals surface area contributed by atoms with Gasteiger partial charge in [0.2, 0.25) is 0 Å². The smallest absolute Gasteiger partial charge is 0.313 e. The Balaban J connectivity index is 2.14. The van der Waals surface area contributed by atoms with E-state index in [9.17, 15) is 14.7 Å². The second-order valence-corrected chi connectivity index (χ2v) is 5.05. The molecule has 21 heavy (non-hydrogen) atoms. The molecule has 2 aromatic rings. The van der Waals surface area contributed by atoms with Gasteiger partial charge in [-0.05, 0) is 31.5 Å². The van der Waals surface area contributed by atoms with Crippen LogP contribution in [0.15, 0.2) is 42.9 Å². The van der Waals surface area contributed by atoms with Crippen LogP contribution in [0.5, 0.6) is 0 Å². The first-order chi connectivity index (χ1) is 9.91. The van der Waals surface area contributed by atoms with Crippen molar-refractivity contribution < 1.29 is 14.7 Å². The fourth-order valence-electron chi connectivity index (χ4n) is 1.71. The standard InChI is InChI=1S/C15H15N3O3/c1-15(2,14(20)21)10-3-5-11(6-4-10)18-13(19)12-9-16-7-8-17-12/h3-9H,1-2H3,(H,18,19)(H,20,21). The van der Waals surface area contributed by atoms with Crippen molar-refractivity contribution >= 4 is 17.6 Å². The maximum atomic E-state index is 11.9. The highest BCUT2D eigenvalue weighted by Crippen LogP contribution is 2.24. The van der Waals surface area contributed by atoms with Crippen molar-refractivity contribution in [1.82, 2.24) is 9.97 Å². The molecule has 1 aromatic carbocycles. The first-order valence-corrected chi connectivity index (χ1v) is 6.32. The normalized spacial score (nSPS) is 11.0. The molecule has 1 aromatic heterocycles. The number of carbonyl (C=O) groups is 2. The van der Waals surface area contributed by atoms with Crippen LogP contribution >= 0.6 is 0 Å². The average Bonchev–Trinajstić information content (AvgIpc) is 2.48. The Kier molecular flexibility index (Phi) is 3.98. The van der Waals surface area contributed by atoms with E-state index >= 15 is 0 Å². The Labute approximate surface area is 121 Å². The molecular formula is C15H15N3O3. The summed E-state index contributed by atoms with van der Waals surface area (Å²) in [5.41, 5.74) is 0.462. The maximum absolute atomic E-state index is 11.9. The molecule has 0 aliphatic carbocycles. The Hall–Kier alpha value is -2.76. The highest BCUT2D eigenvalue weighted by atomic mass is 16.4. The van der Waals surface area contributed by atoms with E-state index in [4.69, 9.17) is 0 Å². The van der Waals surface area contributed by atoms with Crippen molar-refractivity contribution in [2.45, 2.75) is 19.3 Å². The molecule has 0 unspecified atom stereocenters. The fraction of sp³-hybridized carbons (Fsp3) is 0.200. The van der Waals surface area contributed by atoms with E-state index < -0.39 is 11.4 Å². The van der Waals surface area contributed by atoms with Crippen LogP contribution in [0.2, 0.25) is 0 Å². The third kappa shape index (κ3) is 3.22. The fourth-order valence-corrected chi connectivity index (χ4v) is 1.71. The molecular weight excluding hydrogens is 270 g/mol. The number of aliphatic carboxylic acids is 1. The number of carboxylic acid groups (broad SMARTS) is 1. The molecule has 6 nitrogen and oxygen atoms in total. The molecule has 0 saturated carbocycles. The van der Waals surface area contributed by atoms with E-state index in [0.29, 0.717) is 11.3 Å². The molecule has 1 heterocycles. The van der Waals surface area contributed by atoms with Gasteiger partial charge >= 0.3 is 5.97 Å². The molecule has 0 radical (unpaired) electrons. The van der Waals surface area contributed by atoms with Gasteiger partial charge in [-0.25, -0.2) is 4.98 Å². The number of anilines is 1. The summed E-state index contributed by atoms with van der Waals surface area (Å²) in [6, 6.07) is 6.68. The lowest BCUT2D eigenvalue weighted by atomic mass is 9.85. The number of hydrogen-bond acceptors (Lipinski definition) is 4. The van der Waals surface area contributed by atoms with E-state index in [1.807, 2.05) is 0 Å². The number of nitrogens with one attached hydrogen (secondary N) is 1. The lowest BCUT2D eigenvalue weighted by Crippen LogP contribution is -2.28. The quantitative estimate of drug-likeness (QED) is 0.897.